The third-order valence-corrected chi connectivity index (χ3v) is 5.23. The SMILES string of the molecule is CC(C)CC(NC(=O)C(CCC(=O)O)NC(=O)C(Cc1cnc[nH]1)NC(=O)C(N)C(C)C)C(=O)O. The summed E-state index contributed by atoms with van der Waals surface area (Å²) in [4.78, 5) is 67.8. The number of carbonyl (C=O) groups excluding carboxylic acids is 3. The summed E-state index contributed by atoms with van der Waals surface area (Å²) < 4.78 is 0. The Balaban J connectivity index is 3.08. The summed E-state index contributed by atoms with van der Waals surface area (Å²) in [5.74, 6) is -4.85. The number of carboxylic acid groups (broad SMARTS) is 2. The molecule has 3 amide bonds. The van der Waals surface area contributed by atoms with E-state index in [-0.39, 0.29) is 31.1 Å². The summed E-state index contributed by atoms with van der Waals surface area (Å²) in [6.07, 6.45) is 2.28. The third kappa shape index (κ3) is 10.5. The first-order chi connectivity index (χ1) is 16.3. The zero-order valence-corrected chi connectivity index (χ0v) is 20.4. The highest BCUT2D eigenvalue weighted by Gasteiger charge is 2.31. The van der Waals surface area contributed by atoms with E-state index in [4.69, 9.17) is 10.8 Å². The Morgan fingerprint density at radius 3 is 2.00 bits per heavy atom. The number of carboxylic acids is 2. The molecule has 13 nitrogen and oxygen atoms in total. The number of aliphatic carboxylic acids is 2. The van der Waals surface area contributed by atoms with E-state index in [1.165, 1.54) is 12.5 Å². The van der Waals surface area contributed by atoms with Crippen LogP contribution in [0.25, 0.3) is 0 Å². The number of nitrogens with one attached hydrogen (secondary N) is 4. The first-order valence-corrected chi connectivity index (χ1v) is 11.4. The number of nitrogens with zero attached hydrogens (tertiary/aromatic N) is 1. The van der Waals surface area contributed by atoms with E-state index in [9.17, 15) is 29.1 Å². The molecule has 0 saturated carbocycles. The van der Waals surface area contributed by atoms with Gasteiger partial charge in [-0.25, -0.2) is 9.78 Å². The number of imidazole rings is 1. The summed E-state index contributed by atoms with van der Waals surface area (Å²) in [7, 11) is 0. The fraction of sp³-hybridized carbons (Fsp3) is 0.636. The normalized spacial score (nSPS) is 14.6. The molecule has 196 valence electrons. The predicted octanol–water partition coefficient (Wildman–Crippen LogP) is -0.615. The quantitative estimate of drug-likeness (QED) is 0.164. The Bertz CT molecular complexity index is 872. The van der Waals surface area contributed by atoms with Gasteiger partial charge < -0.3 is 36.9 Å². The Kier molecular flexibility index (Phi) is 11.9. The topological polar surface area (TPSA) is 217 Å². The van der Waals surface area contributed by atoms with Crippen molar-refractivity contribution in [2.24, 2.45) is 17.6 Å². The highest BCUT2D eigenvalue weighted by Crippen LogP contribution is 2.08. The van der Waals surface area contributed by atoms with Gasteiger partial charge in [-0.05, 0) is 24.7 Å². The van der Waals surface area contributed by atoms with Crippen molar-refractivity contribution in [1.82, 2.24) is 25.9 Å². The van der Waals surface area contributed by atoms with Gasteiger partial charge in [0.25, 0.3) is 0 Å². The second-order valence-corrected chi connectivity index (χ2v) is 9.13. The average Bonchev–Trinajstić information content (AvgIpc) is 3.27. The van der Waals surface area contributed by atoms with Gasteiger partial charge in [0.15, 0.2) is 0 Å². The summed E-state index contributed by atoms with van der Waals surface area (Å²) in [5, 5.41) is 25.9. The van der Waals surface area contributed by atoms with E-state index in [2.05, 4.69) is 25.9 Å². The molecule has 13 heteroatoms. The van der Waals surface area contributed by atoms with Crippen molar-refractivity contribution in [3.63, 3.8) is 0 Å². The van der Waals surface area contributed by atoms with Crippen LogP contribution in [0.3, 0.4) is 0 Å². The number of hydrogen-bond acceptors (Lipinski definition) is 7. The molecule has 0 bridgehead atoms. The van der Waals surface area contributed by atoms with Crippen LogP contribution in [0, 0.1) is 11.8 Å². The van der Waals surface area contributed by atoms with Crippen molar-refractivity contribution in [2.45, 2.75) is 77.5 Å². The Morgan fingerprint density at radius 1 is 0.943 bits per heavy atom. The van der Waals surface area contributed by atoms with Gasteiger partial charge in [-0.2, -0.15) is 0 Å². The van der Waals surface area contributed by atoms with Crippen LogP contribution in [0.2, 0.25) is 0 Å². The molecule has 0 fully saturated rings. The molecule has 4 unspecified atom stereocenters. The second kappa shape index (κ2) is 14.0. The van der Waals surface area contributed by atoms with Crippen LogP contribution in [0.15, 0.2) is 12.5 Å². The third-order valence-electron chi connectivity index (χ3n) is 5.23. The van der Waals surface area contributed by atoms with Crippen LogP contribution in [0.1, 0.15) is 52.7 Å². The van der Waals surface area contributed by atoms with E-state index >= 15 is 0 Å². The molecule has 4 atom stereocenters. The van der Waals surface area contributed by atoms with Crippen LogP contribution < -0.4 is 21.7 Å². The van der Waals surface area contributed by atoms with E-state index in [1.54, 1.807) is 27.7 Å². The first kappa shape index (κ1) is 29.6. The Labute approximate surface area is 203 Å². The highest BCUT2D eigenvalue weighted by atomic mass is 16.4. The molecule has 1 aromatic heterocycles. The summed E-state index contributed by atoms with van der Waals surface area (Å²) in [6.45, 7) is 7.07. The predicted molar refractivity (Wildman–Crippen MR) is 125 cm³/mol. The molecule has 0 aromatic carbocycles. The number of H-pyrrole nitrogens is 1. The number of aromatic amines is 1. The molecule has 1 heterocycles. The number of hydrogen-bond donors (Lipinski definition) is 7. The van der Waals surface area contributed by atoms with Gasteiger partial charge >= 0.3 is 11.9 Å². The summed E-state index contributed by atoms with van der Waals surface area (Å²) in [5.41, 5.74) is 6.41. The van der Waals surface area contributed by atoms with E-state index in [0.717, 1.165) is 0 Å². The molecule has 0 aliphatic heterocycles. The molecule has 35 heavy (non-hydrogen) atoms. The van der Waals surface area contributed by atoms with Gasteiger partial charge in [-0.3, -0.25) is 19.2 Å². The van der Waals surface area contributed by atoms with Gasteiger partial charge in [0.05, 0.1) is 12.4 Å². The van der Waals surface area contributed by atoms with Crippen molar-refractivity contribution in [3.8, 4) is 0 Å². The average molecular weight is 497 g/mol. The smallest absolute Gasteiger partial charge is 0.326 e. The maximum absolute atomic E-state index is 13.1. The molecule has 8 N–H and O–H groups in total. The minimum absolute atomic E-state index is 0.000753. The Morgan fingerprint density at radius 2 is 1.51 bits per heavy atom. The molecule has 0 aliphatic rings. The van der Waals surface area contributed by atoms with Crippen LogP contribution in [-0.2, 0) is 30.4 Å². The molecule has 1 rings (SSSR count). The number of rotatable bonds is 15. The summed E-state index contributed by atoms with van der Waals surface area (Å²) >= 11 is 0. The van der Waals surface area contributed by atoms with E-state index in [1.807, 2.05) is 0 Å². The van der Waals surface area contributed by atoms with Crippen molar-refractivity contribution in [3.05, 3.63) is 18.2 Å². The second-order valence-electron chi connectivity index (χ2n) is 9.13. The Hall–Kier alpha value is -3.48. The fourth-order valence-electron chi connectivity index (χ4n) is 3.17. The minimum atomic E-state index is -1.34. The zero-order valence-electron chi connectivity index (χ0n) is 20.4. The van der Waals surface area contributed by atoms with Gasteiger partial charge in [-0.1, -0.05) is 27.7 Å². The molecule has 1 aromatic rings. The minimum Gasteiger partial charge on any atom is -0.481 e. The van der Waals surface area contributed by atoms with Crippen LogP contribution in [0.4, 0.5) is 0 Å². The van der Waals surface area contributed by atoms with Crippen molar-refractivity contribution >= 4 is 29.7 Å². The lowest BCUT2D eigenvalue weighted by molar-refractivity contribution is -0.143. The summed E-state index contributed by atoms with van der Waals surface area (Å²) in [6, 6.07) is -4.59. The first-order valence-electron chi connectivity index (χ1n) is 11.4. The molecule has 0 aliphatic carbocycles. The van der Waals surface area contributed by atoms with Gasteiger partial charge in [0, 0.05) is 24.7 Å². The standard InChI is InChI=1S/C22H36N6O7/c1-11(2)7-16(22(34)35)28-19(31)14(5-6-17(29)30)26-20(32)15(8-13-9-24-10-25-13)27-21(33)18(23)12(3)4/h9-12,14-16,18H,5-8,23H2,1-4H3,(H,24,25)(H,26,32)(H,27,33)(H,28,31)(H,29,30)(H,34,35). The van der Waals surface area contributed by atoms with Gasteiger partial charge in [0.2, 0.25) is 17.7 Å². The van der Waals surface area contributed by atoms with Crippen molar-refractivity contribution in [2.75, 3.05) is 0 Å². The van der Waals surface area contributed by atoms with Crippen LogP contribution in [0.5, 0.6) is 0 Å². The molecular weight excluding hydrogens is 460 g/mol. The van der Waals surface area contributed by atoms with Crippen molar-refractivity contribution < 1.29 is 34.2 Å². The maximum Gasteiger partial charge on any atom is 0.326 e. The number of amides is 3. The number of carbonyl (C=O) groups is 5. The maximum atomic E-state index is 13.1. The largest absolute Gasteiger partial charge is 0.481 e. The molecule has 0 radical (unpaired) electrons. The number of nitrogens with two attached hydrogens (primary N) is 1. The lowest BCUT2D eigenvalue weighted by Crippen LogP contribution is -2.58. The van der Waals surface area contributed by atoms with E-state index < -0.39 is 60.2 Å². The molecule has 0 saturated heterocycles. The molecular formula is C22H36N6O7. The van der Waals surface area contributed by atoms with Gasteiger partial charge in [0.1, 0.15) is 18.1 Å². The lowest BCUT2D eigenvalue weighted by Gasteiger charge is -2.25. The monoisotopic (exact) mass is 496 g/mol. The lowest BCUT2D eigenvalue weighted by atomic mass is 10.0. The van der Waals surface area contributed by atoms with Crippen molar-refractivity contribution in [1.29, 1.82) is 0 Å². The van der Waals surface area contributed by atoms with Crippen LogP contribution >= 0.6 is 0 Å². The fourth-order valence-corrected chi connectivity index (χ4v) is 3.17. The van der Waals surface area contributed by atoms with E-state index in [0.29, 0.717) is 5.69 Å². The molecule has 0 spiro atoms. The zero-order chi connectivity index (χ0) is 26.7. The highest BCUT2D eigenvalue weighted by molar-refractivity contribution is 5.94. The number of aromatic nitrogens is 2. The van der Waals surface area contributed by atoms with Crippen LogP contribution in [-0.4, -0.2) is 74.0 Å². The van der Waals surface area contributed by atoms with Gasteiger partial charge in [-0.15, -0.1) is 0 Å².